The van der Waals surface area contributed by atoms with Gasteiger partial charge in [-0.1, -0.05) is 43.3 Å². The van der Waals surface area contributed by atoms with E-state index in [4.69, 9.17) is 5.73 Å². The number of hydrogen-bond acceptors (Lipinski definition) is 3. The molecule has 1 aromatic heterocycles. The average Bonchev–Trinajstić information content (AvgIpc) is 3.16. The number of nitrogens with zero attached hydrogens (tertiary/aromatic N) is 1. The SMILES string of the molecule is CCc1cccc(CN(C[C@@H](O)[C@@H](N)Cc2cc(F)cc(F)c2)C(=O)c2cccc3c(C)c(C)[nH]c23)c1. The molecule has 5 nitrogen and oxygen atoms in total. The molecule has 0 saturated heterocycles. The summed E-state index contributed by atoms with van der Waals surface area (Å²) in [5, 5.41) is 12.0. The van der Waals surface area contributed by atoms with Crippen molar-refractivity contribution in [3.63, 3.8) is 0 Å². The number of nitrogens with two attached hydrogens (primary N) is 1. The van der Waals surface area contributed by atoms with Gasteiger partial charge in [0.05, 0.1) is 17.2 Å². The van der Waals surface area contributed by atoms with Crippen molar-refractivity contribution in [3.8, 4) is 0 Å². The molecule has 0 bridgehead atoms. The van der Waals surface area contributed by atoms with E-state index in [0.29, 0.717) is 11.1 Å². The van der Waals surface area contributed by atoms with Gasteiger partial charge in [-0.3, -0.25) is 4.79 Å². The molecular weight excluding hydrogens is 472 g/mol. The molecule has 194 valence electrons. The number of benzene rings is 3. The molecule has 3 aromatic carbocycles. The molecule has 0 radical (unpaired) electrons. The van der Waals surface area contributed by atoms with Crippen molar-refractivity contribution in [2.45, 2.75) is 52.3 Å². The first-order valence-electron chi connectivity index (χ1n) is 12.5. The minimum absolute atomic E-state index is 0.0385. The fourth-order valence-electron chi connectivity index (χ4n) is 4.72. The summed E-state index contributed by atoms with van der Waals surface area (Å²) in [5.74, 6) is -1.64. The highest BCUT2D eigenvalue weighted by molar-refractivity contribution is 6.06. The van der Waals surface area contributed by atoms with Crippen molar-refractivity contribution in [2.75, 3.05) is 6.54 Å². The number of nitrogens with one attached hydrogen (secondary N) is 1. The maximum absolute atomic E-state index is 13.9. The van der Waals surface area contributed by atoms with Gasteiger partial charge in [0.2, 0.25) is 0 Å². The Morgan fingerprint density at radius 2 is 1.68 bits per heavy atom. The number of rotatable bonds is 9. The van der Waals surface area contributed by atoms with Gasteiger partial charge in [-0.15, -0.1) is 0 Å². The van der Waals surface area contributed by atoms with E-state index in [9.17, 15) is 18.7 Å². The highest BCUT2D eigenvalue weighted by atomic mass is 19.1. The number of amides is 1. The summed E-state index contributed by atoms with van der Waals surface area (Å²) in [6.45, 7) is 6.28. The molecule has 0 spiro atoms. The van der Waals surface area contributed by atoms with Crippen LogP contribution < -0.4 is 5.73 Å². The summed E-state index contributed by atoms with van der Waals surface area (Å²) in [7, 11) is 0. The fraction of sp³-hybridized carbons (Fsp3) is 0.300. The second kappa shape index (κ2) is 11.2. The third kappa shape index (κ3) is 6.06. The zero-order valence-electron chi connectivity index (χ0n) is 21.4. The van der Waals surface area contributed by atoms with Crippen molar-refractivity contribution in [1.82, 2.24) is 9.88 Å². The fourth-order valence-corrected chi connectivity index (χ4v) is 4.72. The number of aliphatic hydroxyl groups is 1. The standard InChI is InChI=1S/C30H33F2N3O2/c1-4-20-7-5-8-21(11-20)16-35(17-28(36)27(33)14-22-12-23(31)15-24(32)13-22)30(37)26-10-6-9-25-18(2)19(3)34-29(25)26/h5-13,15,27-28,34,36H,4,14,16-17,33H2,1-3H3/t27-,28+/m0/s1. The Hall–Kier alpha value is -3.55. The molecule has 37 heavy (non-hydrogen) atoms. The van der Waals surface area contributed by atoms with Crippen LogP contribution in [0.1, 0.15) is 45.2 Å². The second-order valence-electron chi connectivity index (χ2n) is 9.68. The number of halogens is 2. The van der Waals surface area contributed by atoms with Crippen LogP contribution in [-0.2, 0) is 19.4 Å². The third-order valence-corrected chi connectivity index (χ3v) is 6.93. The van der Waals surface area contributed by atoms with E-state index in [-0.39, 0.29) is 25.4 Å². The Bertz CT molecular complexity index is 1400. The van der Waals surface area contributed by atoms with E-state index < -0.39 is 23.8 Å². The first-order valence-corrected chi connectivity index (χ1v) is 12.5. The van der Waals surface area contributed by atoms with Crippen molar-refractivity contribution >= 4 is 16.8 Å². The number of H-pyrrole nitrogens is 1. The second-order valence-corrected chi connectivity index (χ2v) is 9.68. The van der Waals surface area contributed by atoms with Crippen LogP contribution in [0.3, 0.4) is 0 Å². The van der Waals surface area contributed by atoms with Gasteiger partial charge in [-0.25, -0.2) is 8.78 Å². The lowest BCUT2D eigenvalue weighted by molar-refractivity contribution is 0.0556. The van der Waals surface area contributed by atoms with Gasteiger partial charge in [0.1, 0.15) is 11.6 Å². The molecule has 1 heterocycles. The number of carbonyl (C=O) groups excluding carboxylic acids is 1. The highest BCUT2D eigenvalue weighted by Crippen LogP contribution is 2.26. The summed E-state index contributed by atoms with van der Waals surface area (Å²) < 4.78 is 27.3. The van der Waals surface area contributed by atoms with Crippen molar-refractivity contribution in [1.29, 1.82) is 0 Å². The van der Waals surface area contributed by atoms with Gasteiger partial charge in [0, 0.05) is 36.3 Å². The molecule has 0 fully saturated rings. The van der Waals surface area contributed by atoms with Gasteiger partial charge < -0.3 is 20.7 Å². The quantitative estimate of drug-likeness (QED) is 0.293. The Morgan fingerprint density at radius 1 is 1.00 bits per heavy atom. The smallest absolute Gasteiger partial charge is 0.256 e. The van der Waals surface area contributed by atoms with E-state index in [1.54, 1.807) is 11.0 Å². The number of hydrogen-bond donors (Lipinski definition) is 3. The monoisotopic (exact) mass is 505 g/mol. The molecule has 0 aliphatic rings. The molecule has 4 rings (SSSR count). The van der Waals surface area contributed by atoms with Gasteiger partial charge in [-0.2, -0.15) is 0 Å². The molecule has 1 amide bonds. The van der Waals surface area contributed by atoms with Crippen LogP contribution in [0.4, 0.5) is 8.78 Å². The van der Waals surface area contributed by atoms with Crippen LogP contribution in [0.25, 0.3) is 10.9 Å². The van der Waals surface area contributed by atoms with Crippen LogP contribution >= 0.6 is 0 Å². The van der Waals surface area contributed by atoms with Gasteiger partial charge >= 0.3 is 0 Å². The highest BCUT2D eigenvalue weighted by Gasteiger charge is 2.26. The molecule has 0 aliphatic carbocycles. The Morgan fingerprint density at radius 3 is 2.38 bits per heavy atom. The van der Waals surface area contributed by atoms with E-state index >= 15 is 0 Å². The van der Waals surface area contributed by atoms with Crippen LogP contribution in [0, 0.1) is 25.5 Å². The number of carbonyl (C=O) groups is 1. The van der Waals surface area contributed by atoms with E-state index in [0.717, 1.165) is 45.8 Å². The zero-order valence-corrected chi connectivity index (χ0v) is 21.4. The first kappa shape index (κ1) is 26.5. The maximum atomic E-state index is 13.9. The normalized spacial score (nSPS) is 13.1. The summed E-state index contributed by atoms with van der Waals surface area (Å²) >= 11 is 0. The molecular formula is C30H33F2N3O2. The summed E-state index contributed by atoms with van der Waals surface area (Å²) in [6, 6.07) is 15.9. The van der Waals surface area contributed by atoms with Crippen LogP contribution in [0.15, 0.2) is 60.7 Å². The molecule has 4 N–H and O–H groups in total. The lowest BCUT2D eigenvalue weighted by Crippen LogP contribution is -2.46. The summed E-state index contributed by atoms with van der Waals surface area (Å²) in [4.78, 5) is 18.8. The molecule has 4 aromatic rings. The Kier molecular flexibility index (Phi) is 8.05. The van der Waals surface area contributed by atoms with Gasteiger partial charge in [-0.05, 0) is 67.1 Å². The van der Waals surface area contributed by atoms with E-state index in [1.165, 1.54) is 12.1 Å². The Balaban J connectivity index is 1.63. The minimum Gasteiger partial charge on any atom is -0.390 e. The predicted octanol–water partition coefficient (Wildman–Crippen LogP) is 5.20. The topological polar surface area (TPSA) is 82.3 Å². The number of aromatic nitrogens is 1. The summed E-state index contributed by atoms with van der Waals surface area (Å²) in [6.07, 6.45) is -0.191. The summed E-state index contributed by atoms with van der Waals surface area (Å²) in [5.41, 5.74) is 12.0. The number of fused-ring (bicyclic) bond motifs is 1. The lowest BCUT2D eigenvalue weighted by Gasteiger charge is -2.29. The van der Waals surface area contributed by atoms with Crippen molar-refractivity contribution in [3.05, 3.63) is 106 Å². The molecule has 0 aliphatic heterocycles. The van der Waals surface area contributed by atoms with E-state index in [1.807, 2.05) is 50.2 Å². The van der Waals surface area contributed by atoms with Crippen LogP contribution in [0.2, 0.25) is 0 Å². The number of aryl methyl sites for hydroxylation is 3. The minimum atomic E-state index is -1.11. The average molecular weight is 506 g/mol. The molecule has 7 heteroatoms. The lowest BCUT2D eigenvalue weighted by atomic mass is 10.0. The predicted molar refractivity (Wildman–Crippen MR) is 142 cm³/mol. The van der Waals surface area contributed by atoms with Crippen molar-refractivity contribution < 1.29 is 18.7 Å². The number of aliphatic hydroxyl groups excluding tert-OH is 1. The largest absolute Gasteiger partial charge is 0.390 e. The van der Waals surface area contributed by atoms with Gasteiger partial charge in [0.15, 0.2) is 0 Å². The van der Waals surface area contributed by atoms with Gasteiger partial charge in [0.25, 0.3) is 5.91 Å². The first-order chi connectivity index (χ1) is 17.7. The zero-order chi connectivity index (χ0) is 26.7. The van der Waals surface area contributed by atoms with Crippen LogP contribution in [0.5, 0.6) is 0 Å². The molecule has 0 unspecified atom stereocenters. The van der Waals surface area contributed by atoms with Crippen molar-refractivity contribution in [2.24, 2.45) is 5.73 Å². The third-order valence-electron chi connectivity index (χ3n) is 6.93. The van der Waals surface area contributed by atoms with Crippen LogP contribution in [-0.4, -0.2) is 39.6 Å². The van der Waals surface area contributed by atoms with E-state index in [2.05, 4.69) is 11.9 Å². The maximum Gasteiger partial charge on any atom is 0.256 e. The number of aromatic amines is 1. The molecule has 0 saturated carbocycles. The number of para-hydroxylation sites is 1. The molecule has 2 atom stereocenters. The Labute approximate surface area is 215 Å².